The van der Waals surface area contributed by atoms with E-state index in [0.29, 0.717) is 23.6 Å². The van der Waals surface area contributed by atoms with Crippen LogP contribution in [0, 0.1) is 24.2 Å². The van der Waals surface area contributed by atoms with Gasteiger partial charge in [0, 0.05) is 44.2 Å². The molecule has 2 aromatic rings. The van der Waals surface area contributed by atoms with Crippen molar-refractivity contribution >= 4 is 34.8 Å². The number of nitrogens with one attached hydrogen (secondary N) is 1. The first-order chi connectivity index (χ1) is 17.2. The van der Waals surface area contributed by atoms with Gasteiger partial charge < -0.3 is 10.2 Å². The molecule has 1 N–H and O–H groups in total. The van der Waals surface area contributed by atoms with Crippen LogP contribution in [0.2, 0.25) is 0 Å². The number of carbonyl (C=O) groups is 3. The molecule has 1 fully saturated rings. The molecule has 2 unspecified atom stereocenters. The summed E-state index contributed by atoms with van der Waals surface area (Å²) in [5, 5.41) is 12.2. The Labute approximate surface area is 217 Å². The smallest absolute Gasteiger partial charge is 0.221 e. The Morgan fingerprint density at radius 2 is 1.97 bits per heavy atom. The van der Waals surface area contributed by atoms with Crippen molar-refractivity contribution in [1.82, 2.24) is 5.32 Å². The highest BCUT2D eigenvalue weighted by Crippen LogP contribution is 2.39. The fourth-order valence-corrected chi connectivity index (χ4v) is 4.74. The summed E-state index contributed by atoms with van der Waals surface area (Å²) in [6, 6.07) is 12.9. The SMILES string of the molecule is C=C/C(Cl)=C\N(C)c1cc(C)c(C2C(=O)CC(CC(=O)NCc3ccc(C#N)cc3)C2=O)c(CC)c1. The highest BCUT2D eigenvalue weighted by Gasteiger charge is 2.44. The molecule has 3 rings (SSSR count). The number of benzene rings is 2. The van der Waals surface area contributed by atoms with Gasteiger partial charge in [0.05, 0.1) is 16.7 Å². The molecule has 1 amide bonds. The predicted molar refractivity (Wildman–Crippen MR) is 142 cm³/mol. The molecule has 1 saturated carbocycles. The summed E-state index contributed by atoms with van der Waals surface area (Å²) in [5.41, 5.74) is 4.83. The summed E-state index contributed by atoms with van der Waals surface area (Å²) in [6.07, 6.45) is 4.00. The second-order valence-corrected chi connectivity index (χ2v) is 9.45. The second kappa shape index (κ2) is 11.8. The molecule has 0 aliphatic heterocycles. The molecule has 0 radical (unpaired) electrons. The zero-order chi connectivity index (χ0) is 26.4. The summed E-state index contributed by atoms with van der Waals surface area (Å²) < 4.78 is 0. The minimum absolute atomic E-state index is 0.0243. The van der Waals surface area contributed by atoms with E-state index in [-0.39, 0.29) is 30.3 Å². The third-order valence-electron chi connectivity index (χ3n) is 6.51. The third-order valence-corrected chi connectivity index (χ3v) is 6.76. The summed E-state index contributed by atoms with van der Waals surface area (Å²) in [5.74, 6) is -2.09. The van der Waals surface area contributed by atoms with Crippen LogP contribution in [0.25, 0.3) is 0 Å². The van der Waals surface area contributed by atoms with Gasteiger partial charge in [0.2, 0.25) is 5.91 Å². The van der Waals surface area contributed by atoms with E-state index < -0.39 is 11.8 Å². The zero-order valence-corrected chi connectivity index (χ0v) is 21.6. The van der Waals surface area contributed by atoms with Crippen LogP contribution in [-0.2, 0) is 27.3 Å². The number of anilines is 1. The van der Waals surface area contributed by atoms with Gasteiger partial charge in [-0.1, -0.05) is 37.2 Å². The van der Waals surface area contributed by atoms with Crippen molar-refractivity contribution in [3.05, 3.63) is 88.1 Å². The molecule has 0 bridgehead atoms. The van der Waals surface area contributed by atoms with Crippen molar-refractivity contribution in [3.63, 3.8) is 0 Å². The van der Waals surface area contributed by atoms with Gasteiger partial charge in [0.15, 0.2) is 5.78 Å². The molecule has 1 aliphatic carbocycles. The van der Waals surface area contributed by atoms with Crippen LogP contribution in [0.1, 0.15) is 53.5 Å². The lowest BCUT2D eigenvalue weighted by molar-refractivity contribution is -0.128. The van der Waals surface area contributed by atoms with E-state index in [4.69, 9.17) is 16.9 Å². The molecule has 0 aromatic heterocycles. The number of amides is 1. The summed E-state index contributed by atoms with van der Waals surface area (Å²) in [4.78, 5) is 40.8. The van der Waals surface area contributed by atoms with Crippen LogP contribution in [0.4, 0.5) is 5.69 Å². The van der Waals surface area contributed by atoms with Crippen LogP contribution < -0.4 is 10.2 Å². The number of carbonyl (C=O) groups excluding carboxylic acids is 3. The lowest BCUT2D eigenvalue weighted by atomic mass is 9.85. The third kappa shape index (κ3) is 6.10. The Hall–Kier alpha value is -3.69. The molecule has 0 spiro atoms. The lowest BCUT2D eigenvalue weighted by Gasteiger charge is -2.22. The normalized spacial score (nSPS) is 17.6. The van der Waals surface area contributed by atoms with E-state index in [2.05, 4.69) is 18.0 Å². The van der Waals surface area contributed by atoms with Gasteiger partial charge in [0.25, 0.3) is 0 Å². The number of nitriles is 1. The highest BCUT2D eigenvalue weighted by molar-refractivity contribution is 6.31. The van der Waals surface area contributed by atoms with Crippen molar-refractivity contribution in [2.75, 3.05) is 11.9 Å². The lowest BCUT2D eigenvalue weighted by Crippen LogP contribution is -2.27. The number of Topliss-reactive ketones (excluding diaryl/α,β-unsaturated/α-hetero) is 2. The predicted octanol–water partition coefficient (Wildman–Crippen LogP) is 5.08. The van der Waals surface area contributed by atoms with E-state index in [0.717, 1.165) is 27.9 Å². The number of rotatable bonds is 9. The fourth-order valence-electron chi connectivity index (χ4n) is 4.60. The zero-order valence-electron chi connectivity index (χ0n) is 20.8. The standard InChI is InChI=1S/C29H30ClN3O3/c1-5-21-12-24(33(4)17-23(30)6-2)11-18(3)27(21)28-25(34)13-22(29(28)36)14-26(35)32-16-20-9-7-19(15-31)8-10-20/h6-12,17,22,28H,2,5,13-14,16H2,1,3-4H3,(H,32,35)/b23-17+. The van der Waals surface area contributed by atoms with Crippen LogP contribution >= 0.6 is 11.6 Å². The van der Waals surface area contributed by atoms with Crippen molar-refractivity contribution in [1.29, 1.82) is 5.26 Å². The van der Waals surface area contributed by atoms with E-state index in [1.807, 2.05) is 37.9 Å². The number of aryl methyl sites for hydroxylation is 2. The van der Waals surface area contributed by atoms with E-state index in [1.165, 1.54) is 0 Å². The van der Waals surface area contributed by atoms with Gasteiger partial charge in [-0.05, 0) is 65.9 Å². The quantitative estimate of drug-likeness (QED) is 0.380. The van der Waals surface area contributed by atoms with Gasteiger partial charge in [-0.15, -0.1) is 0 Å². The Bertz CT molecular complexity index is 1260. The number of hydrogen-bond acceptors (Lipinski definition) is 5. The van der Waals surface area contributed by atoms with Crippen LogP contribution in [0.3, 0.4) is 0 Å². The van der Waals surface area contributed by atoms with Crippen molar-refractivity contribution < 1.29 is 14.4 Å². The maximum Gasteiger partial charge on any atom is 0.221 e. The number of hydrogen-bond donors (Lipinski definition) is 1. The highest BCUT2D eigenvalue weighted by atomic mass is 35.5. The molecular weight excluding hydrogens is 474 g/mol. The first-order valence-electron chi connectivity index (χ1n) is 11.9. The molecule has 0 heterocycles. The number of nitrogens with zero attached hydrogens (tertiary/aromatic N) is 2. The van der Waals surface area contributed by atoms with Crippen LogP contribution in [0.5, 0.6) is 0 Å². The Balaban J connectivity index is 1.74. The van der Waals surface area contributed by atoms with E-state index >= 15 is 0 Å². The fraction of sp³-hybridized carbons (Fsp3) is 0.310. The maximum absolute atomic E-state index is 13.3. The molecule has 6 nitrogen and oxygen atoms in total. The van der Waals surface area contributed by atoms with Crippen LogP contribution in [-0.4, -0.2) is 24.5 Å². The van der Waals surface area contributed by atoms with E-state index in [9.17, 15) is 14.4 Å². The molecule has 7 heteroatoms. The molecule has 36 heavy (non-hydrogen) atoms. The first kappa shape index (κ1) is 26.9. The summed E-state index contributed by atoms with van der Waals surface area (Å²) >= 11 is 6.09. The molecule has 186 valence electrons. The average Bonchev–Trinajstić information content (AvgIpc) is 3.14. The number of halogens is 1. The van der Waals surface area contributed by atoms with Crippen LogP contribution in [0.15, 0.2) is 60.3 Å². The van der Waals surface area contributed by atoms with Gasteiger partial charge in [0.1, 0.15) is 11.7 Å². The van der Waals surface area contributed by atoms with Gasteiger partial charge in [-0.3, -0.25) is 14.4 Å². The van der Waals surface area contributed by atoms with Crippen molar-refractivity contribution in [2.24, 2.45) is 5.92 Å². The topological polar surface area (TPSA) is 90.3 Å². The Kier molecular flexibility index (Phi) is 8.84. The second-order valence-electron chi connectivity index (χ2n) is 9.01. The number of ketones is 2. The molecule has 1 aliphatic rings. The Morgan fingerprint density at radius 1 is 1.28 bits per heavy atom. The van der Waals surface area contributed by atoms with Crippen molar-refractivity contribution in [3.8, 4) is 6.07 Å². The monoisotopic (exact) mass is 503 g/mol. The maximum atomic E-state index is 13.3. The summed E-state index contributed by atoms with van der Waals surface area (Å²) in [7, 11) is 1.87. The van der Waals surface area contributed by atoms with E-state index in [1.54, 1.807) is 36.5 Å². The molecule has 2 atom stereocenters. The average molecular weight is 504 g/mol. The van der Waals surface area contributed by atoms with Gasteiger partial charge >= 0.3 is 0 Å². The first-order valence-corrected chi connectivity index (χ1v) is 12.2. The molecule has 2 aromatic carbocycles. The van der Waals surface area contributed by atoms with Crippen molar-refractivity contribution in [2.45, 2.75) is 45.6 Å². The van der Waals surface area contributed by atoms with Gasteiger partial charge in [-0.25, -0.2) is 0 Å². The minimum atomic E-state index is -0.845. The largest absolute Gasteiger partial charge is 0.352 e. The molecule has 0 saturated heterocycles. The Morgan fingerprint density at radius 3 is 2.58 bits per heavy atom. The summed E-state index contributed by atoms with van der Waals surface area (Å²) in [6.45, 7) is 7.85. The number of allylic oxidation sites excluding steroid dienone is 2. The van der Waals surface area contributed by atoms with Gasteiger partial charge in [-0.2, -0.15) is 5.26 Å². The minimum Gasteiger partial charge on any atom is -0.352 e. The molecular formula is C29H30ClN3O3.